The predicted molar refractivity (Wildman–Crippen MR) is 105 cm³/mol. The van der Waals surface area contributed by atoms with Crippen molar-refractivity contribution in [2.45, 2.75) is 75.8 Å². The smallest absolute Gasteiger partial charge is 0.323 e. The van der Waals surface area contributed by atoms with Crippen molar-refractivity contribution in [2.24, 2.45) is 0 Å². The van der Waals surface area contributed by atoms with Crippen LogP contribution in [-0.2, 0) is 11.2 Å². The van der Waals surface area contributed by atoms with E-state index in [1.54, 1.807) is 0 Å². The maximum absolute atomic E-state index is 13.2. The highest BCUT2D eigenvalue weighted by Crippen LogP contribution is 2.33. The van der Waals surface area contributed by atoms with Crippen molar-refractivity contribution in [3.63, 3.8) is 0 Å². The van der Waals surface area contributed by atoms with Crippen LogP contribution in [0.4, 0.5) is 4.79 Å². The van der Waals surface area contributed by atoms with Crippen molar-refractivity contribution in [3.05, 3.63) is 35.9 Å². The largest absolute Gasteiger partial charge is 0.326 e. The van der Waals surface area contributed by atoms with Gasteiger partial charge in [-0.25, -0.2) is 9.69 Å². The van der Waals surface area contributed by atoms with Gasteiger partial charge in [0.1, 0.15) is 5.54 Å². The number of carbonyl (C=O) groups excluding carboxylic acids is 2. The van der Waals surface area contributed by atoms with E-state index < -0.39 is 5.54 Å². The van der Waals surface area contributed by atoms with Crippen LogP contribution in [0.2, 0.25) is 0 Å². The molecule has 0 aromatic heterocycles. The van der Waals surface area contributed by atoms with Crippen LogP contribution < -0.4 is 5.32 Å². The Morgan fingerprint density at radius 2 is 1.67 bits per heavy atom. The molecule has 1 aliphatic carbocycles. The standard InChI is InChI=1S/C22H31N3O2/c26-20-22(13-7-2-1-3-8-14-22)23-21(27)25(20)17-24-15-9-12-19(24)16-18-10-5-4-6-11-18/h4-6,10-11,19H,1-3,7-9,12-17H2,(H,23,27). The van der Waals surface area contributed by atoms with Crippen molar-refractivity contribution < 1.29 is 9.59 Å². The molecule has 27 heavy (non-hydrogen) atoms. The number of likely N-dealkylation sites (tertiary alicyclic amines) is 1. The summed E-state index contributed by atoms with van der Waals surface area (Å²) in [6.45, 7) is 1.39. The van der Waals surface area contributed by atoms with E-state index in [4.69, 9.17) is 0 Å². The number of urea groups is 1. The summed E-state index contributed by atoms with van der Waals surface area (Å²) in [6.07, 6.45) is 10.5. The van der Waals surface area contributed by atoms with Crippen LogP contribution in [-0.4, -0.2) is 46.5 Å². The monoisotopic (exact) mass is 369 g/mol. The van der Waals surface area contributed by atoms with Gasteiger partial charge in [0, 0.05) is 12.6 Å². The zero-order valence-corrected chi connectivity index (χ0v) is 16.2. The van der Waals surface area contributed by atoms with E-state index in [1.807, 2.05) is 6.07 Å². The average molecular weight is 370 g/mol. The lowest BCUT2D eigenvalue weighted by atomic mass is 9.84. The Morgan fingerprint density at radius 3 is 2.41 bits per heavy atom. The van der Waals surface area contributed by atoms with Crippen LogP contribution in [0.25, 0.3) is 0 Å². The third kappa shape index (κ3) is 3.88. The molecule has 1 aromatic carbocycles. The van der Waals surface area contributed by atoms with Crippen molar-refractivity contribution in [1.29, 1.82) is 0 Å². The molecule has 1 saturated carbocycles. The van der Waals surface area contributed by atoms with Crippen LogP contribution in [0.3, 0.4) is 0 Å². The van der Waals surface area contributed by atoms with E-state index in [9.17, 15) is 9.59 Å². The zero-order valence-electron chi connectivity index (χ0n) is 16.2. The normalized spacial score (nSPS) is 26.2. The molecule has 1 N–H and O–H groups in total. The number of nitrogens with zero attached hydrogens (tertiary/aromatic N) is 2. The second kappa shape index (κ2) is 8.01. The molecule has 1 unspecified atom stereocenters. The Morgan fingerprint density at radius 1 is 0.963 bits per heavy atom. The van der Waals surface area contributed by atoms with E-state index in [2.05, 4.69) is 34.5 Å². The highest BCUT2D eigenvalue weighted by atomic mass is 16.2. The second-order valence-corrected chi connectivity index (χ2v) is 8.45. The van der Waals surface area contributed by atoms with Gasteiger partial charge in [-0.2, -0.15) is 0 Å². The van der Waals surface area contributed by atoms with E-state index in [0.29, 0.717) is 12.7 Å². The molecule has 1 spiro atoms. The minimum atomic E-state index is -0.633. The highest BCUT2D eigenvalue weighted by Gasteiger charge is 2.51. The summed E-state index contributed by atoms with van der Waals surface area (Å²) in [5.74, 6) is 0.0137. The summed E-state index contributed by atoms with van der Waals surface area (Å²) in [4.78, 5) is 29.7. The summed E-state index contributed by atoms with van der Waals surface area (Å²) in [5.41, 5.74) is 0.690. The third-order valence-corrected chi connectivity index (χ3v) is 6.59. The highest BCUT2D eigenvalue weighted by molar-refractivity contribution is 6.07. The Bertz CT molecular complexity index is 667. The van der Waals surface area contributed by atoms with Gasteiger partial charge in [-0.3, -0.25) is 9.69 Å². The molecular formula is C22H31N3O2. The predicted octanol–water partition coefficient (Wildman–Crippen LogP) is 3.69. The first kappa shape index (κ1) is 18.5. The lowest BCUT2D eigenvalue weighted by Crippen LogP contribution is -2.48. The van der Waals surface area contributed by atoms with Crippen LogP contribution >= 0.6 is 0 Å². The molecule has 3 fully saturated rings. The summed E-state index contributed by atoms with van der Waals surface area (Å²) >= 11 is 0. The minimum absolute atomic E-state index is 0.0137. The molecule has 2 saturated heterocycles. The van der Waals surface area contributed by atoms with Gasteiger partial charge in [0.05, 0.1) is 6.67 Å². The second-order valence-electron chi connectivity index (χ2n) is 8.45. The number of hydrogen-bond donors (Lipinski definition) is 1. The third-order valence-electron chi connectivity index (χ3n) is 6.59. The molecule has 0 bridgehead atoms. The van der Waals surface area contributed by atoms with Crippen LogP contribution in [0.15, 0.2) is 30.3 Å². The fourth-order valence-corrected chi connectivity index (χ4v) is 5.03. The number of amides is 3. The number of imide groups is 1. The number of hydrogen-bond acceptors (Lipinski definition) is 3. The Hall–Kier alpha value is -1.88. The van der Waals surface area contributed by atoms with Gasteiger partial charge in [-0.15, -0.1) is 0 Å². The van der Waals surface area contributed by atoms with E-state index in [-0.39, 0.29) is 11.9 Å². The maximum Gasteiger partial charge on any atom is 0.326 e. The topological polar surface area (TPSA) is 52.7 Å². The van der Waals surface area contributed by atoms with Gasteiger partial charge in [0.15, 0.2) is 0 Å². The Labute approximate surface area is 162 Å². The van der Waals surface area contributed by atoms with Gasteiger partial charge in [-0.1, -0.05) is 62.4 Å². The van der Waals surface area contributed by atoms with Crippen LogP contribution in [0.5, 0.6) is 0 Å². The number of rotatable bonds is 4. The lowest BCUT2D eigenvalue weighted by Gasteiger charge is -2.30. The van der Waals surface area contributed by atoms with Gasteiger partial charge in [0.25, 0.3) is 5.91 Å². The molecule has 5 nitrogen and oxygen atoms in total. The molecule has 4 rings (SSSR count). The van der Waals surface area contributed by atoms with Gasteiger partial charge in [0.2, 0.25) is 0 Å². The van der Waals surface area contributed by atoms with Gasteiger partial charge >= 0.3 is 6.03 Å². The summed E-state index contributed by atoms with van der Waals surface area (Å²) < 4.78 is 0. The van der Waals surface area contributed by atoms with Crippen molar-refractivity contribution in [3.8, 4) is 0 Å². The van der Waals surface area contributed by atoms with Crippen molar-refractivity contribution >= 4 is 11.9 Å². The molecule has 1 aromatic rings. The zero-order chi connectivity index (χ0) is 18.7. The van der Waals surface area contributed by atoms with Crippen LogP contribution in [0, 0.1) is 0 Å². The molecule has 2 heterocycles. The molecule has 2 aliphatic heterocycles. The molecular weight excluding hydrogens is 338 g/mol. The quantitative estimate of drug-likeness (QED) is 0.824. The van der Waals surface area contributed by atoms with Gasteiger partial charge < -0.3 is 5.32 Å². The summed E-state index contributed by atoms with van der Waals surface area (Å²) in [5, 5.41) is 3.09. The fourth-order valence-electron chi connectivity index (χ4n) is 5.03. The van der Waals surface area contributed by atoms with E-state index in [0.717, 1.165) is 64.3 Å². The number of carbonyl (C=O) groups is 2. The Kier molecular flexibility index (Phi) is 5.48. The van der Waals surface area contributed by atoms with Crippen molar-refractivity contribution in [1.82, 2.24) is 15.1 Å². The fraction of sp³-hybridized carbons (Fsp3) is 0.636. The minimum Gasteiger partial charge on any atom is -0.323 e. The molecule has 1 atom stereocenters. The summed E-state index contributed by atoms with van der Waals surface area (Å²) in [6, 6.07) is 10.7. The van der Waals surface area contributed by atoms with Crippen LogP contribution in [0.1, 0.15) is 63.4 Å². The van der Waals surface area contributed by atoms with Gasteiger partial charge in [-0.05, 0) is 37.7 Å². The van der Waals surface area contributed by atoms with Crippen molar-refractivity contribution in [2.75, 3.05) is 13.2 Å². The first-order chi connectivity index (χ1) is 13.2. The maximum atomic E-state index is 13.2. The first-order valence-corrected chi connectivity index (χ1v) is 10.6. The number of nitrogens with one attached hydrogen (secondary N) is 1. The molecule has 3 aliphatic rings. The molecule has 0 radical (unpaired) electrons. The lowest BCUT2D eigenvalue weighted by molar-refractivity contribution is -0.133. The van der Waals surface area contributed by atoms with E-state index >= 15 is 0 Å². The summed E-state index contributed by atoms with van der Waals surface area (Å²) in [7, 11) is 0. The molecule has 3 amide bonds. The molecule has 146 valence electrons. The first-order valence-electron chi connectivity index (χ1n) is 10.6. The van der Waals surface area contributed by atoms with E-state index in [1.165, 1.54) is 16.9 Å². The average Bonchev–Trinajstić information content (AvgIpc) is 3.17. The number of benzene rings is 1. The molecule has 5 heteroatoms. The SMILES string of the molecule is O=C1NC2(CCCCCCC2)C(=O)N1CN1CCCC1Cc1ccccc1. The Balaban J connectivity index is 1.43.